The largest absolute Gasteiger partial charge is 0.353 e. The number of thioether (sulfide) groups is 1. The maximum absolute atomic E-state index is 11.8. The van der Waals surface area contributed by atoms with Gasteiger partial charge < -0.3 is 10.6 Å². The van der Waals surface area contributed by atoms with Crippen LogP contribution in [0.4, 0.5) is 0 Å². The summed E-state index contributed by atoms with van der Waals surface area (Å²) in [5, 5.41) is 6.53. The SMILES string of the molecule is CSCC(C)C(=O)NC(C)C1CCCNC1. The number of piperidine rings is 1. The molecule has 3 nitrogen and oxygen atoms in total. The van der Waals surface area contributed by atoms with Gasteiger partial charge >= 0.3 is 0 Å². The van der Waals surface area contributed by atoms with Crippen LogP contribution in [0.1, 0.15) is 26.7 Å². The Morgan fingerprint density at radius 1 is 1.56 bits per heavy atom. The van der Waals surface area contributed by atoms with E-state index in [0.717, 1.165) is 18.8 Å². The van der Waals surface area contributed by atoms with Gasteiger partial charge in [-0.2, -0.15) is 11.8 Å². The lowest BCUT2D eigenvalue weighted by atomic mass is 9.92. The standard InChI is InChI=1S/C12H24N2OS/c1-9(8-16-3)12(15)14-10(2)11-5-4-6-13-7-11/h9-11,13H,4-8H2,1-3H3,(H,14,15). The third-order valence-corrected chi connectivity index (χ3v) is 4.11. The van der Waals surface area contributed by atoms with Crippen molar-refractivity contribution in [2.45, 2.75) is 32.7 Å². The van der Waals surface area contributed by atoms with Gasteiger partial charge in [0.2, 0.25) is 5.91 Å². The fourth-order valence-corrected chi connectivity index (χ4v) is 2.77. The molecule has 1 aliphatic rings. The highest BCUT2D eigenvalue weighted by atomic mass is 32.2. The minimum Gasteiger partial charge on any atom is -0.353 e. The Morgan fingerprint density at radius 3 is 2.88 bits per heavy atom. The van der Waals surface area contributed by atoms with Gasteiger partial charge in [-0.3, -0.25) is 4.79 Å². The highest BCUT2D eigenvalue weighted by Gasteiger charge is 2.22. The summed E-state index contributed by atoms with van der Waals surface area (Å²) in [5.74, 6) is 1.82. The molecule has 4 heteroatoms. The molecular formula is C12H24N2OS. The van der Waals surface area contributed by atoms with E-state index in [2.05, 4.69) is 17.6 Å². The van der Waals surface area contributed by atoms with Crippen LogP contribution in [-0.2, 0) is 4.79 Å². The van der Waals surface area contributed by atoms with Crippen LogP contribution in [0.5, 0.6) is 0 Å². The second-order valence-electron chi connectivity index (χ2n) is 4.76. The minimum absolute atomic E-state index is 0.119. The van der Waals surface area contributed by atoms with Crippen molar-refractivity contribution in [3.8, 4) is 0 Å². The highest BCUT2D eigenvalue weighted by molar-refractivity contribution is 7.98. The lowest BCUT2D eigenvalue weighted by molar-refractivity contribution is -0.124. The fraction of sp³-hybridized carbons (Fsp3) is 0.917. The maximum Gasteiger partial charge on any atom is 0.223 e. The Labute approximate surface area is 103 Å². The molecule has 3 atom stereocenters. The molecule has 0 aromatic heterocycles. The summed E-state index contributed by atoms with van der Waals surface area (Å²) >= 11 is 1.73. The molecule has 0 spiro atoms. The molecule has 0 aliphatic carbocycles. The van der Waals surface area contributed by atoms with Crippen molar-refractivity contribution in [3.05, 3.63) is 0 Å². The molecule has 0 radical (unpaired) electrons. The van der Waals surface area contributed by atoms with Crippen molar-refractivity contribution < 1.29 is 4.79 Å². The molecule has 1 saturated heterocycles. The first-order chi connectivity index (χ1) is 7.65. The molecule has 1 rings (SSSR count). The zero-order chi connectivity index (χ0) is 12.0. The van der Waals surface area contributed by atoms with Crippen LogP contribution < -0.4 is 10.6 Å². The van der Waals surface area contributed by atoms with Crippen LogP contribution in [0.3, 0.4) is 0 Å². The van der Waals surface area contributed by atoms with Gasteiger partial charge in [-0.15, -0.1) is 0 Å². The monoisotopic (exact) mass is 244 g/mol. The fourth-order valence-electron chi connectivity index (χ4n) is 2.12. The number of amides is 1. The first-order valence-electron chi connectivity index (χ1n) is 6.15. The molecule has 94 valence electrons. The molecule has 1 amide bonds. The van der Waals surface area contributed by atoms with Crippen LogP contribution >= 0.6 is 11.8 Å². The number of hydrogen-bond donors (Lipinski definition) is 2. The highest BCUT2D eigenvalue weighted by Crippen LogP contribution is 2.15. The third kappa shape index (κ3) is 4.34. The van der Waals surface area contributed by atoms with Crippen molar-refractivity contribution in [3.63, 3.8) is 0 Å². The van der Waals surface area contributed by atoms with E-state index in [4.69, 9.17) is 0 Å². The third-order valence-electron chi connectivity index (χ3n) is 3.28. The van der Waals surface area contributed by atoms with E-state index in [1.165, 1.54) is 12.8 Å². The Hall–Kier alpha value is -0.220. The molecule has 3 unspecified atom stereocenters. The molecule has 2 N–H and O–H groups in total. The number of carbonyl (C=O) groups is 1. The number of hydrogen-bond acceptors (Lipinski definition) is 3. The van der Waals surface area contributed by atoms with E-state index in [-0.39, 0.29) is 11.8 Å². The lowest BCUT2D eigenvalue weighted by Crippen LogP contribution is -2.46. The maximum atomic E-state index is 11.8. The van der Waals surface area contributed by atoms with Crippen molar-refractivity contribution in [2.75, 3.05) is 25.1 Å². The smallest absolute Gasteiger partial charge is 0.223 e. The van der Waals surface area contributed by atoms with E-state index in [9.17, 15) is 4.79 Å². The summed E-state index contributed by atoms with van der Waals surface area (Å²) in [5.41, 5.74) is 0. The van der Waals surface area contributed by atoms with Crippen LogP contribution in [0.15, 0.2) is 0 Å². The Balaban J connectivity index is 2.31. The summed E-state index contributed by atoms with van der Waals surface area (Å²) in [6, 6.07) is 0.296. The average Bonchev–Trinajstić information content (AvgIpc) is 2.30. The molecular weight excluding hydrogens is 220 g/mol. The summed E-state index contributed by atoms with van der Waals surface area (Å²) in [6.45, 7) is 6.29. The van der Waals surface area contributed by atoms with Crippen LogP contribution in [0, 0.1) is 11.8 Å². The van der Waals surface area contributed by atoms with Gasteiger partial charge in [0.1, 0.15) is 0 Å². The van der Waals surface area contributed by atoms with E-state index in [1.807, 2.05) is 13.2 Å². The lowest BCUT2D eigenvalue weighted by Gasteiger charge is -2.29. The molecule has 0 aromatic carbocycles. The predicted octanol–water partition coefficient (Wildman–Crippen LogP) is 1.49. The first-order valence-corrected chi connectivity index (χ1v) is 7.54. The van der Waals surface area contributed by atoms with Crippen LogP contribution in [-0.4, -0.2) is 37.0 Å². The van der Waals surface area contributed by atoms with E-state index in [0.29, 0.717) is 12.0 Å². The van der Waals surface area contributed by atoms with Crippen molar-refractivity contribution in [2.24, 2.45) is 11.8 Å². The average molecular weight is 244 g/mol. The van der Waals surface area contributed by atoms with Gasteiger partial charge in [0.05, 0.1) is 0 Å². The van der Waals surface area contributed by atoms with Gasteiger partial charge in [-0.1, -0.05) is 6.92 Å². The Morgan fingerprint density at radius 2 is 2.31 bits per heavy atom. The normalized spacial score (nSPS) is 24.8. The second kappa shape index (κ2) is 7.17. The van der Waals surface area contributed by atoms with Gasteiger partial charge in [0.15, 0.2) is 0 Å². The summed E-state index contributed by atoms with van der Waals surface area (Å²) in [6.07, 6.45) is 4.49. The quantitative estimate of drug-likeness (QED) is 0.770. The molecule has 1 aliphatic heterocycles. The number of rotatable bonds is 5. The van der Waals surface area contributed by atoms with E-state index >= 15 is 0 Å². The van der Waals surface area contributed by atoms with Crippen LogP contribution in [0.2, 0.25) is 0 Å². The van der Waals surface area contributed by atoms with E-state index < -0.39 is 0 Å². The summed E-state index contributed by atoms with van der Waals surface area (Å²) in [7, 11) is 0. The van der Waals surface area contributed by atoms with Crippen LogP contribution in [0.25, 0.3) is 0 Å². The Kier molecular flexibility index (Phi) is 6.21. The van der Waals surface area contributed by atoms with Gasteiger partial charge in [0, 0.05) is 17.7 Å². The molecule has 0 aromatic rings. The Bertz CT molecular complexity index is 217. The zero-order valence-corrected chi connectivity index (χ0v) is 11.4. The van der Waals surface area contributed by atoms with E-state index in [1.54, 1.807) is 11.8 Å². The van der Waals surface area contributed by atoms with Crippen molar-refractivity contribution in [1.29, 1.82) is 0 Å². The molecule has 1 fully saturated rings. The predicted molar refractivity (Wildman–Crippen MR) is 70.7 cm³/mol. The van der Waals surface area contributed by atoms with Gasteiger partial charge in [-0.05, 0) is 45.0 Å². The second-order valence-corrected chi connectivity index (χ2v) is 5.67. The minimum atomic E-state index is 0.119. The molecule has 16 heavy (non-hydrogen) atoms. The van der Waals surface area contributed by atoms with Crippen molar-refractivity contribution in [1.82, 2.24) is 10.6 Å². The number of nitrogens with one attached hydrogen (secondary N) is 2. The topological polar surface area (TPSA) is 41.1 Å². The van der Waals surface area contributed by atoms with Gasteiger partial charge in [0.25, 0.3) is 0 Å². The summed E-state index contributed by atoms with van der Waals surface area (Å²) < 4.78 is 0. The first kappa shape index (κ1) is 13.8. The molecule has 1 heterocycles. The number of carbonyl (C=O) groups excluding carboxylic acids is 1. The molecule has 0 bridgehead atoms. The molecule has 0 saturated carbocycles. The zero-order valence-electron chi connectivity index (χ0n) is 10.6. The van der Waals surface area contributed by atoms with Gasteiger partial charge in [-0.25, -0.2) is 0 Å². The van der Waals surface area contributed by atoms with Crippen molar-refractivity contribution >= 4 is 17.7 Å². The summed E-state index contributed by atoms with van der Waals surface area (Å²) in [4.78, 5) is 11.8.